The van der Waals surface area contributed by atoms with Gasteiger partial charge in [-0.3, -0.25) is 10.1 Å². The van der Waals surface area contributed by atoms with E-state index >= 15 is 0 Å². The summed E-state index contributed by atoms with van der Waals surface area (Å²) in [5.41, 5.74) is 0. The number of hydrogen-bond acceptors (Lipinski definition) is 3. The van der Waals surface area contributed by atoms with E-state index in [9.17, 15) is 4.79 Å². The van der Waals surface area contributed by atoms with Gasteiger partial charge in [0.2, 0.25) is 5.91 Å². The highest BCUT2D eigenvalue weighted by Crippen LogP contribution is 2.14. The van der Waals surface area contributed by atoms with Gasteiger partial charge in [0.05, 0.1) is 13.1 Å². The summed E-state index contributed by atoms with van der Waals surface area (Å²) in [5.74, 6) is 3.31. The van der Waals surface area contributed by atoms with E-state index in [1.807, 2.05) is 0 Å². The van der Waals surface area contributed by atoms with Crippen LogP contribution in [0.15, 0.2) is 0 Å². The molecule has 0 atom stereocenters. The molecule has 0 aromatic rings. The van der Waals surface area contributed by atoms with Gasteiger partial charge in [-0.1, -0.05) is 12.8 Å². The lowest BCUT2D eigenvalue weighted by Gasteiger charge is -2.30. The van der Waals surface area contributed by atoms with Crippen LogP contribution in [0.2, 0.25) is 0 Å². The van der Waals surface area contributed by atoms with Crippen LogP contribution in [-0.2, 0) is 4.79 Å². The quantitative estimate of drug-likeness (QED) is 0.507. The Balaban J connectivity index is 2.00. The van der Waals surface area contributed by atoms with Crippen LogP contribution in [0.1, 0.15) is 19.8 Å². The molecule has 4 heteroatoms. The summed E-state index contributed by atoms with van der Waals surface area (Å²) in [7, 11) is 0. The molecule has 0 saturated carbocycles. The molecule has 0 radical (unpaired) electrons. The molecule has 0 aromatic heterocycles. The number of nitrogens with zero attached hydrogens (tertiary/aromatic N) is 1. The van der Waals surface area contributed by atoms with Crippen molar-refractivity contribution in [1.29, 1.82) is 0 Å². The Bertz CT molecular complexity index is 264. The fraction of sp³-hybridized carbons (Fsp3) is 0.769. The molecule has 1 aliphatic heterocycles. The predicted molar refractivity (Wildman–Crippen MR) is 69.6 cm³/mol. The first-order valence-electron chi connectivity index (χ1n) is 6.35. The SMILES string of the molecule is C#CCNCC(=O)NCCN1CCC(C)CC1. The van der Waals surface area contributed by atoms with Gasteiger partial charge in [-0.25, -0.2) is 0 Å². The van der Waals surface area contributed by atoms with Crippen LogP contribution in [0.4, 0.5) is 0 Å². The average Bonchev–Trinajstić information content (AvgIpc) is 2.32. The van der Waals surface area contributed by atoms with Gasteiger partial charge < -0.3 is 10.2 Å². The van der Waals surface area contributed by atoms with Crippen molar-refractivity contribution in [2.75, 3.05) is 39.3 Å². The van der Waals surface area contributed by atoms with E-state index in [0.717, 1.165) is 32.1 Å². The van der Waals surface area contributed by atoms with E-state index < -0.39 is 0 Å². The van der Waals surface area contributed by atoms with Crippen LogP contribution in [-0.4, -0.2) is 50.1 Å². The van der Waals surface area contributed by atoms with E-state index in [-0.39, 0.29) is 5.91 Å². The molecular weight excluding hydrogens is 214 g/mol. The molecule has 0 spiro atoms. The minimum atomic E-state index is 0.0191. The zero-order chi connectivity index (χ0) is 12.5. The third-order valence-electron chi connectivity index (χ3n) is 3.14. The molecule has 0 aromatic carbocycles. The van der Waals surface area contributed by atoms with E-state index in [2.05, 4.69) is 28.4 Å². The fourth-order valence-electron chi connectivity index (χ4n) is 1.95. The van der Waals surface area contributed by atoms with E-state index in [1.165, 1.54) is 12.8 Å². The first-order chi connectivity index (χ1) is 8.22. The van der Waals surface area contributed by atoms with E-state index in [4.69, 9.17) is 6.42 Å². The second kappa shape index (κ2) is 8.10. The largest absolute Gasteiger partial charge is 0.354 e. The molecule has 17 heavy (non-hydrogen) atoms. The van der Waals surface area contributed by atoms with Gasteiger partial charge in [0.15, 0.2) is 0 Å². The van der Waals surface area contributed by atoms with Crippen molar-refractivity contribution in [3.05, 3.63) is 0 Å². The molecule has 1 heterocycles. The minimum absolute atomic E-state index is 0.0191. The van der Waals surface area contributed by atoms with E-state index in [1.54, 1.807) is 0 Å². The Morgan fingerprint density at radius 2 is 2.18 bits per heavy atom. The molecule has 96 valence electrons. The van der Waals surface area contributed by atoms with E-state index in [0.29, 0.717) is 13.1 Å². The zero-order valence-corrected chi connectivity index (χ0v) is 10.7. The minimum Gasteiger partial charge on any atom is -0.354 e. The molecule has 1 fully saturated rings. The monoisotopic (exact) mass is 237 g/mol. The Morgan fingerprint density at radius 1 is 1.47 bits per heavy atom. The number of amides is 1. The molecule has 4 nitrogen and oxygen atoms in total. The average molecular weight is 237 g/mol. The van der Waals surface area contributed by atoms with Crippen LogP contribution >= 0.6 is 0 Å². The van der Waals surface area contributed by atoms with Crippen molar-refractivity contribution in [3.63, 3.8) is 0 Å². The summed E-state index contributed by atoms with van der Waals surface area (Å²) in [4.78, 5) is 13.8. The first-order valence-corrected chi connectivity index (χ1v) is 6.35. The van der Waals surface area contributed by atoms with Gasteiger partial charge in [0.1, 0.15) is 0 Å². The van der Waals surface area contributed by atoms with Crippen molar-refractivity contribution in [2.24, 2.45) is 5.92 Å². The summed E-state index contributed by atoms with van der Waals surface area (Å²) < 4.78 is 0. The lowest BCUT2D eigenvalue weighted by atomic mass is 9.99. The van der Waals surface area contributed by atoms with Crippen molar-refractivity contribution >= 4 is 5.91 Å². The lowest BCUT2D eigenvalue weighted by molar-refractivity contribution is -0.120. The molecule has 1 saturated heterocycles. The van der Waals surface area contributed by atoms with Crippen molar-refractivity contribution < 1.29 is 4.79 Å². The van der Waals surface area contributed by atoms with Crippen LogP contribution in [0, 0.1) is 18.3 Å². The number of terminal acetylenes is 1. The van der Waals surface area contributed by atoms with Crippen molar-refractivity contribution in [2.45, 2.75) is 19.8 Å². The van der Waals surface area contributed by atoms with Crippen molar-refractivity contribution in [1.82, 2.24) is 15.5 Å². The second-order valence-corrected chi connectivity index (χ2v) is 4.68. The highest BCUT2D eigenvalue weighted by Gasteiger charge is 2.14. The maximum Gasteiger partial charge on any atom is 0.234 e. The maximum absolute atomic E-state index is 11.4. The Kier molecular flexibility index (Phi) is 6.68. The summed E-state index contributed by atoms with van der Waals surface area (Å²) in [6.07, 6.45) is 7.62. The highest BCUT2D eigenvalue weighted by atomic mass is 16.1. The van der Waals surface area contributed by atoms with Crippen LogP contribution in [0.25, 0.3) is 0 Å². The summed E-state index contributed by atoms with van der Waals surface area (Å²) in [6, 6.07) is 0. The third-order valence-corrected chi connectivity index (χ3v) is 3.14. The molecule has 1 rings (SSSR count). The van der Waals surface area contributed by atoms with Crippen LogP contribution in [0.5, 0.6) is 0 Å². The standard InChI is InChI=1S/C13H23N3O/c1-3-6-14-11-13(17)15-7-10-16-8-4-12(2)5-9-16/h1,12,14H,4-11H2,2H3,(H,15,17). The Labute approximate surface area is 104 Å². The summed E-state index contributed by atoms with van der Waals surface area (Å²) in [5, 5.41) is 5.76. The maximum atomic E-state index is 11.4. The molecule has 0 unspecified atom stereocenters. The third kappa shape index (κ3) is 6.30. The molecule has 1 aliphatic rings. The summed E-state index contributed by atoms with van der Waals surface area (Å²) >= 11 is 0. The van der Waals surface area contributed by atoms with Gasteiger partial charge in [-0.2, -0.15) is 0 Å². The number of piperidine rings is 1. The number of carbonyl (C=O) groups is 1. The van der Waals surface area contributed by atoms with Crippen molar-refractivity contribution in [3.8, 4) is 12.3 Å². The molecule has 2 N–H and O–H groups in total. The zero-order valence-electron chi connectivity index (χ0n) is 10.7. The molecule has 1 amide bonds. The Hall–Kier alpha value is -1.05. The van der Waals surface area contributed by atoms with Gasteiger partial charge in [-0.15, -0.1) is 6.42 Å². The first kappa shape index (κ1) is 14.0. The second-order valence-electron chi connectivity index (χ2n) is 4.68. The number of hydrogen-bond donors (Lipinski definition) is 2. The smallest absolute Gasteiger partial charge is 0.234 e. The van der Waals surface area contributed by atoms with Gasteiger partial charge in [0.25, 0.3) is 0 Å². The highest BCUT2D eigenvalue weighted by molar-refractivity contribution is 5.77. The molecular formula is C13H23N3O. The van der Waals surface area contributed by atoms with Gasteiger partial charge >= 0.3 is 0 Å². The van der Waals surface area contributed by atoms with Crippen LogP contribution < -0.4 is 10.6 Å². The number of rotatable bonds is 6. The number of likely N-dealkylation sites (tertiary alicyclic amines) is 1. The lowest BCUT2D eigenvalue weighted by Crippen LogP contribution is -2.41. The summed E-state index contributed by atoms with van der Waals surface area (Å²) in [6.45, 7) is 7.05. The normalized spacial score (nSPS) is 17.6. The molecule has 0 bridgehead atoms. The molecule has 0 aliphatic carbocycles. The van der Waals surface area contributed by atoms with Gasteiger partial charge in [0, 0.05) is 13.1 Å². The predicted octanol–water partition coefficient (Wildman–Crippen LogP) is 0.0573. The fourth-order valence-corrected chi connectivity index (χ4v) is 1.95. The number of nitrogens with one attached hydrogen (secondary N) is 2. The van der Waals surface area contributed by atoms with Gasteiger partial charge in [-0.05, 0) is 31.8 Å². The Morgan fingerprint density at radius 3 is 2.82 bits per heavy atom. The number of carbonyl (C=O) groups excluding carboxylic acids is 1. The topological polar surface area (TPSA) is 44.4 Å². The van der Waals surface area contributed by atoms with Crippen LogP contribution in [0.3, 0.4) is 0 Å².